The highest BCUT2D eigenvalue weighted by Crippen LogP contribution is 2.54. The third-order valence-electron chi connectivity index (χ3n) is 4.98. The van der Waals surface area contributed by atoms with Gasteiger partial charge in [-0.05, 0) is 50.0 Å². The maximum absolute atomic E-state index is 6.37. The van der Waals surface area contributed by atoms with Crippen LogP contribution in [0.15, 0.2) is 24.3 Å². The molecule has 0 atom stereocenters. The average Bonchev–Trinajstić information content (AvgIpc) is 2.40. The monoisotopic (exact) mass is 231 g/mol. The maximum atomic E-state index is 6.37. The third kappa shape index (κ3) is 1.66. The molecule has 1 aromatic rings. The van der Waals surface area contributed by atoms with Crippen molar-refractivity contribution in [2.75, 3.05) is 7.11 Å². The van der Waals surface area contributed by atoms with Gasteiger partial charge in [-0.1, -0.05) is 18.2 Å². The molecule has 92 valence electrons. The normalized spacial score (nSPS) is 35.9. The lowest BCUT2D eigenvalue weighted by Gasteiger charge is -2.52. The quantitative estimate of drug-likeness (QED) is 0.849. The summed E-state index contributed by atoms with van der Waals surface area (Å²) in [5.74, 6) is 1.05. The van der Waals surface area contributed by atoms with E-state index in [1.54, 1.807) is 7.11 Å². The van der Waals surface area contributed by atoms with Crippen LogP contribution in [0.2, 0.25) is 0 Å². The fraction of sp³-hybridized carbons (Fsp3) is 0.600. The molecule has 3 saturated carbocycles. The first-order valence-corrected chi connectivity index (χ1v) is 6.60. The number of rotatable bonds is 2. The lowest BCUT2D eigenvalue weighted by Crippen LogP contribution is -2.53. The van der Waals surface area contributed by atoms with Gasteiger partial charge in [0.05, 0.1) is 7.11 Å². The lowest BCUT2D eigenvalue weighted by atomic mass is 9.55. The van der Waals surface area contributed by atoms with Crippen molar-refractivity contribution >= 4 is 0 Å². The average molecular weight is 231 g/mol. The molecule has 2 nitrogen and oxygen atoms in total. The summed E-state index contributed by atoms with van der Waals surface area (Å²) in [6, 6.07) is 8.51. The first kappa shape index (κ1) is 11.1. The van der Waals surface area contributed by atoms with Gasteiger partial charge in [0.1, 0.15) is 5.75 Å². The third-order valence-corrected chi connectivity index (χ3v) is 4.98. The molecule has 0 spiro atoms. The molecule has 0 saturated heterocycles. The van der Waals surface area contributed by atoms with Crippen molar-refractivity contribution in [2.24, 2.45) is 5.73 Å². The molecule has 4 rings (SSSR count). The Bertz CT molecular complexity index is 402. The number of nitrogens with two attached hydrogens (primary N) is 1. The van der Waals surface area contributed by atoms with E-state index in [1.807, 2.05) is 0 Å². The summed E-state index contributed by atoms with van der Waals surface area (Å²) >= 11 is 0. The van der Waals surface area contributed by atoms with Crippen LogP contribution in [0.3, 0.4) is 0 Å². The van der Waals surface area contributed by atoms with Gasteiger partial charge in [-0.3, -0.25) is 0 Å². The van der Waals surface area contributed by atoms with Gasteiger partial charge in [-0.2, -0.15) is 0 Å². The first-order valence-electron chi connectivity index (χ1n) is 6.60. The molecule has 0 aromatic heterocycles. The molecule has 2 bridgehead atoms. The van der Waals surface area contributed by atoms with E-state index in [2.05, 4.69) is 24.3 Å². The first-order chi connectivity index (χ1) is 8.18. The Morgan fingerprint density at radius 1 is 1.00 bits per heavy atom. The van der Waals surface area contributed by atoms with Gasteiger partial charge in [0.15, 0.2) is 0 Å². The van der Waals surface area contributed by atoms with E-state index in [0.717, 1.165) is 5.75 Å². The molecular formula is C15H21NO. The number of methoxy groups -OCH3 is 1. The van der Waals surface area contributed by atoms with E-state index in [9.17, 15) is 0 Å². The Labute approximate surface area is 103 Å². The highest BCUT2D eigenvalue weighted by molar-refractivity contribution is 5.41. The molecule has 3 aliphatic carbocycles. The van der Waals surface area contributed by atoms with Crippen molar-refractivity contribution in [3.05, 3.63) is 29.8 Å². The topological polar surface area (TPSA) is 35.2 Å². The van der Waals surface area contributed by atoms with E-state index < -0.39 is 0 Å². The fourth-order valence-corrected chi connectivity index (χ4v) is 3.70. The van der Waals surface area contributed by atoms with E-state index in [1.165, 1.54) is 44.1 Å². The maximum Gasteiger partial charge on any atom is 0.122 e. The van der Waals surface area contributed by atoms with Crippen LogP contribution in [-0.4, -0.2) is 12.6 Å². The van der Waals surface area contributed by atoms with Gasteiger partial charge in [0.2, 0.25) is 0 Å². The van der Waals surface area contributed by atoms with Gasteiger partial charge < -0.3 is 10.5 Å². The molecule has 0 heterocycles. The number of ether oxygens (including phenoxy) is 1. The number of benzene rings is 1. The smallest absolute Gasteiger partial charge is 0.122 e. The Hall–Kier alpha value is -1.02. The molecular weight excluding hydrogens is 210 g/mol. The van der Waals surface area contributed by atoms with Crippen LogP contribution in [0.25, 0.3) is 0 Å². The van der Waals surface area contributed by atoms with Crippen LogP contribution in [0.5, 0.6) is 5.75 Å². The molecule has 0 aliphatic heterocycles. The summed E-state index contributed by atoms with van der Waals surface area (Å²) in [7, 11) is 1.77. The Morgan fingerprint density at radius 3 is 2.18 bits per heavy atom. The predicted molar refractivity (Wildman–Crippen MR) is 69.3 cm³/mol. The summed E-state index contributed by atoms with van der Waals surface area (Å²) < 4.78 is 5.54. The van der Waals surface area contributed by atoms with Crippen LogP contribution >= 0.6 is 0 Å². The number of hydrogen-bond acceptors (Lipinski definition) is 2. The number of fused-ring (bicyclic) bond motifs is 3. The number of hydrogen-bond donors (Lipinski definition) is 1. The second kappa shape index (κ2) is 3.74. The molecule has 17 heavy (non-hydrogen) atoms. The van der Waals surface area contributed by atoms with Crippen molar-refractivity contribution in [1.29, 1.82) is 0 Å². The summed E-state index contributed by atoms with van der Waals surface area (Å²) in [6.07, 6.45) is 7.19. The van der Waals surface area contributed by atoms with Crippen molar-refractivity contribution in [1.82, 2.24) is 0 Å². The minimum Gasteiger partial charge on any atom is -0.496 e. The lowest BCUT2D eigenvalue weighted by molar-refractivity contribution is 0.105. The van der Waals surface area contributed by atoms with Crippen LogP contribution in [0.4, 0.5) is 0 Å². The highest BCUT2D eigenvalue weighted by atomic mass is 16.5. The minimum atomic E-state index is 0.143. The van der Waals surface area contributed by atoms with Crippen molar-refractivity contribution in [3.8, 4) is 5.75 Å². The summed E-state index contributed by atoms with van der Waals surface area (Å²) in [5.41, 5.74) is 8.26. The standard InChI is InChI=1S/C15H21NO/c1-17-13-5-3-2-4-12(13)14-6-9-15(16,10-7-14)11-8-14/h2-5H,6-11,16H2,1H3. The van der Waals surface area contributed by atoms with Gasteiger partial charge in [-0.15, -0.1) is 0 Å². The second-order valence-corrected chi connectivity index (χ2v) is 5.84. The Kier molecular flexibility index (Phi) is 2.44. The zero-order valence-corrected chi connectivity index (χ0v) is 10.5. The van der Waals surface area contributed by atoms with Crippen molar-refractivity contribution < 1.29 is 4.74 Å². The highest BCUT2D eigenvalue weighted by Gasteiger charge is 2.48. The molecule has 0 unspecified atom stereocenters. The Balaban J connectivity index is 1.98. The SMILES string of the molecule is COc1ccccc1C12CCC(N)(CC1)CC2. The summed E-state index contributed by atoms with van der Waals surface area (Å²) in [4.78, 5) is 0. The largest absolute Gasteiger partial charge is 0.496 e. The fourth-order valence-electron chi connectivity index (χ4n) is 3.70. The van der Waals surface area contributed by atoms with Crippen LogP contribution in [0.1, 0.15) is 44.1 Å². The molecule has 2 N–H and O–H groups in total. The van der Waals surface area contributed by atoms with E-state index >= 15 is 0 Å². The summed E-state index contributed by atoms with van der Waals surface area (Å²) in [6.45, 7) is 0. The molecule has 1 aromatic carbocycles. The van der Waals surface area contributed by atoms with Gasteiger partial charge >= 0.3 is 0 Å². The van der Waals surface area contributed by atoms with Crippen molar-refractivity contribution in [2.45, 2.75) is 49.5 Å². The number of para-hydroxylation sites is 1. The zero-order chi connectivity index (χ0) is 11.9. The van der Waals surface area contributed by atoms with Crippen molar-refractivity contribution in [3.63, 3.8) is 0 Å². The molecule has 3 fully saturated rings. The predicted octanol–water partition coefficient (Wildman–Crippen LogP) is 3.00. The Morgan fingerprint density at radius 2 is 1.59 bits per heavy atom. The van der Waals surface area contributed by atoms with Gasteiger partial charge in [-0.25, -0.2) is 0 Å². The molecule has 2 heteroatoms. The van der Waals surface area contributed by atoms with Gasteiger partial charge in [0, 0.05) is 11.1 Å². The van der Waals surface area contributed by atoms with Crippen LogP contribution < -0.4 is 10.5 Å². The molecule has 0 amide bonds. The van der Waals surface area contributed by atoms with E-state index in [-0.39, 0.29) is 5.54 Å². The summed E-state index contributed by atoms with van der Waals surface area (Å²) in [5, 5.41) is 0. The molecule has 0 radical (unpaired) electrons. The van der Waals surface area contributed by atoms with E-state index in [0.29, 0.717) is 5.41 Å². The molecule has 3 aliphatic rings. The van der Waals surface area contributed by atoms with E-state index in [4.69, 9.17) is 10.5 Å². The zero-order valence-electron chi connectivity index (χ0n) is 10.5. The minimum absolute atomic E-state index is 0.143. The van der Waals surface area contributed by atoms with Gasteiger partial charge in [0.25, 0.3) is 0 Å². The van der Waals surface area contributed by atoms with Crippen LogP contribution in [0, 0.1) is 0 Å². The van der Waals surface area contributed by atoms with Crippen LogP contribution in [-0.2, 0) is 5.41 Å². The second-order valence-electron chi connectivity index (χ2n) is 5.84.